The van der Waals surface area contributed by atoms with Crippen molar-refractivity contribution in [1.82, 2.24) is 14.7 Å². The summed E-state index contributed by atoms with van der Waals surface area (Å²) in [6.07, 6.45) is -4.89. The Hall–Kier alpha value is -3.37. The van der Waals surface area contributed by atoms with Crippen LogP contribution in [0.4, 0.5) is 13.2 Å². The Kier molecular flexibility index (Phi) is 6.90. The van der Waals surface area contributed by atoms with Crippen LogP contribution in [0.5, 0.6) is 5.88 Å². The second-order valence-electron chi connectivity index (χ2n) is 7.76. The van der Waals surface area contributed by atoms with Gasteiger partial charge in [0, 0.05) is 25.3 Å². The molecule has 10 heteroatoms. The third-order valence-corrected chi connectivity index (χ3v) is 5.57. The van der Waals surface area contributed by atoms with Crippen molar-refractivity contribution in [2.75, 3.05) is 20.3 Å². The second kappa shape index (κ2) is 9.86. The maximum absolute atomic E-state index is 13.9. The number of ether oxygens (including phenoxy) is 3. The largest absolute Gasteiger partial charge is 0.472 e. The highest BCUT2D eigenvalue weighted by Gasteiger charge is 2.59. The highest BCUT2D eigenvalue weighted by molar-refractivity contribution is 5.77. The van der Waals surface area contributed by atoms with Crippen LogP contribution in [0, 0.1) is 0 Å². The fraction of sp³-hybridized carbons (Fsp3) is 0.333. The molecule has 34 heavy (non-hydrogen) atoms. The van der Waals surface area contributed by atoms with Crippen molar-refractivity contribution in [3.8, 4) is 5.88 Å². The summed E-state index contributed by atoms with van der Waals surface area (Å²) in [5.74, 6) is -3.20. The van der Waals surface area contributed by atoms with Gasteiger partial charge in [0.2, 0.25) is 11.8 Å². The monoisotopic (exact) mass is 475 g/mol. The molecule has 0 radical (unpaired) electrons. The lowest BCUT2D eigenvalue weighted by Gasteiger charge is -2.35. The Balaban J connectivity index is 1.40. The number of methoxy groups -OCH3 is 1. The minimum Gasteiger partial charge on any atom is -0.472 e. The Morgan fingerprint density at radius 2 is 1.71 bits per heavy atom. The fourth-order valence-electron chi connectivity index (χ4n) is 3.79. The number of amides is 1. The zero-order valence-corrected chi connectivity index (χ0v) is 18.5. The summed E-state index contributed by atoms with van der Waals surface area (Å²) in [6.45, 7) is 0.411. The van der Waals surface area contributed by atoms with Gasteiger partial charge in [-0.1, -0.05) is 60.7 Å². The smallest absolute Gasteiger partial charge is 0.448 e. The van der Waals surface area contributed by atoms with Gasteiger partial charge in [0.1, 0.15) is 13.2 Å². The summed E-state index contributed by atoms with van der Waals surface area (Å²) in [6, 6.07) is 18.3. The lowest BCUT2D eigenvalue weighted by atomic mass is 10.1. The van der Waals surface area contributed by atoms with Crippen LogP contribution >= 0.6 is 0 Å². The number of nitrogens with zero attached hydrogens (tertiary/aromatic N) is 3. The van der Waals surface area contributed by atoms with Gasteiger partial charge in [0.05, 0.1) is 18.8 Å². The zero-order chi connectivity index (χ0) is 24.2. The van der Waals surface area contributed by atoms with Gasteiger partial charge in [-0.2, -0.15) is 13.2 Å². The molecule has 4 rings (SSSR count). The lowest BCUT2D eigenvalue weighted by molar-refractivity contribution is -0.382. The molecule has 0 saturated carbocycles. The number of carbonyl (C=O) groups excluding carboxylic acids is 1. The van der Waals surface area contributed by atoms with E-state index >= 15 is 0 Å². The predicted molar refractivity (Wildman–Crippen MR) is 116 cm³/mol. The molecule has 1 aliphatic rings. The topological polar surface area (TPSA) is 65.8 Å². The predicted octanol–water partition coefficient (Wildman–Crippen LogP) is 3.88. The first-order chi connectivity index (χ1) is 16.3. The van der Waals surface area contributed by atoms with Gasteiger partial charge >= 0.3 is 6.18 Å². The van der Waals surface area contributed by atoms with E-state index in [0.29, 0.717) is 19.0 Å². The van der Waals surface area contributed by atoms with Gasteiger partial charge in [0.25, 0.3) is 5.79 Å². The van der Waals surface area contributed by atoms with Crippen molar-refractivity contribution in [2.45, 2.75) is 31.7 Å². The highest BCUT2D eigenvalue weighted by atomic mass is 19.4. The average Bonchev–Trinajstić information content (AvgIpc) is 3.26. The first-order valence-corrected chi connectivity index (χ1v) is 10.6. The number of hydrogen-bond donors (Lipinski definition) is 0. The Morgan fingerprint density at radius 3 is 2.35 bits per heavy atom. The maximum atomic E-state index is 13.9. The number of alkyl halides is 3. The summed E-state index contributed by atoms with van der Waals surface area (Å²) in [7, 11) is 0.904. The normalized spacial score (nSPS) is 15.5. The van der Waals surface area contributed by atoms with E-state index in [1.165, 1.54) is 29.2 Å². The van der Waals surface area contributed by atoms with Crippen molar-refractivity contribution in [2.24, 2.45) is 0 Å². The maximum Gasteiger partial charge on any atom is 0.448 e. The molecule has 1 atom stereocenters. The summed E-state index contributed by atoms with van der Waals surface area (Å²) >= 11 is 0. The summed E-state index contributed by atoms with van der Waals surface area (Å²) in [5, 5.41) is 4.39. The SMILES string of the molecule is CO[C@](OCC(=O)N1CCn2nc(OCc3ccccc3)cc2C1)(c1ccccc1)C(F)(F)F. The Bertz CT molecular complexity index is 1110. The molecule has 0 N–H and O–H groups in total. The third kappa shape index (κ3) is 4.92. The van der Waals surface area contributed by atoms with Crippen LogP contribution in [0.25, 0.3) is 0 Å². The van der Waals surface area contributed by atoms with Crippen molar-refractivity contribution in [3.05, 3.63) is 83.6 Å². The van der Waals surface area contributed by atoms with Crippen LogP contribution < -0.4 is 4.74 Å². The molecule has 0 bridgehead atoms. The quantitative estimate of drug-likeness (QED) is 0.463. The first kappa shape index (κ1) is 23.8. The molecule has 1 aliphatic heterocycles. The van der Waals surface area contributed by atoms with Crippen LogP contribution in [0.15, 0.2) is 66.7 Å². The molecule has 0 aliphatic carbocycles. The molecule has 180 valence electrons. The highest BCUT2D eigenvalue weighted by Crippen LogP contribution is 2.42. The Labute approximate surface area is 194 Å². The van der Waals surface area contributed by atoms with E-state index in [-0.39, 0.29) is 18.7 Å². The van der Waals surface area contributed by atoms with Crippen molar-refractivity contribution < 1.29 is 32.2 Å². The van der Waals surface area contributed by atoms with Crippen molar-refractivity contribution >= 4 is 5.91 Å². The summed E-state index contributed by atoms with van der Waals surface area (Å²) in [4.78, 5) is 14.2. The Morgan fingerprint density at radius 1 is 1.03 bits per heavy atom. The molecule has 2 heterocycles. The van der Waals surface area contributed by atoms with Gasteiger partial charge < -0.3 is 19.1 Å². The standard InChI is InChI=1S/C24H24F3N3O4/c1-32-23(24(25,26)27,19-10-6-3-7-11-19)34-17-22(31)29-12-13-30-20(15-29)14-21(28-30)33-16-18-8-4-2-5-9-18/h2-11,14H,12-13,15-17H2,1H3/t23-/m0/s1. The average molecular weight is 475 g/mol. The van der Waals surface area contributed by atoms with E-state index in [0.717, 1.165) is 18.4 Å². The van der Waals surface area contributed by atoms with Crippen LogP contribution in [0.1, 0.15) is 16.8 Å². The molecule has 2 aromatic carbocycles. The van der Waals surface area contributed by atoms with Crippen LogP contribution in [-0.4, -0.2) is 47.0 Å². The third-order valence-electron chi connectivity index (χ3n) is 5.57. The molecular weight excluding hydrogens is 451 g/mol. The van der Waals surface area contributed by atoms with E-state index in [9.17, 15) is 18.0 Å². The van der Waals surface area contributed by atoms with Crippen LogP contribution in [0.2, 0.25) is 0 Å². The second-order valence-corrected chi connectivity index (χ2v) is 7.76. The molecule has 7 nitrogen and oxygen atoms in total. The van der Waals surface area contributed by atoms with E-state index in [1.54, 1.807) is 16.8 Å². The van der Waals surface area contributed by atoms with Crippen LogP contribution in [0.3, 0.4) is 0 Å². The van der Waals surface area contributed by atoms with E-state index in [4.69, 9.17) is 14.2 Å². The molecule has 0 spiro atoms. The molecule has 3 aromatic rings. The lowest BCUT2D eigenvalue weighted by Crippen LogP contribution is -2.49. The number of benzene rings is 2. The van der Waals surface area contributed by atoms with Gasteiger partial charge in [-0.25, -0.2) is 0 Å². The van der Waals surface area contributed by atoms with Crippen molar-refractivity contribution in [1.29, 1.82) is 0 Å². The first-order valence-electron chi connectivity index (χ1n) is 10.6. The van der Waals surface area contributed by atoms with Gasteiger partial charge in [0.15, 0.2) is 0 Å². The molecule has 1 amide bonds. The van der Waals surface area contributed by atoms with Crippen molar-refractivity contribution in [3.63, 3.8) is 0 Å². The van der Waals surface area contributed by atoms with E-state index < -0.39 is 24.5 Å². The number of rotatable bonds is 8. The number of hydrogen-bond acceptors (Lipinski definition) is 5. The molecule has 0 saturated heterocycles. The number of fused-ring (bicyclic) bond motifs is 1. The zero-order valence-electron chi connectivity index (χ0n) is 18.5. The number of halogens is 3. The summed E-state index contributed by atoms with van der Waals surface area (Å²) in [5.41, 5.74) is 1.47. The fourth-order valence-corrected chi connectivity index (χ4v) is 3.79. The number of aromatic nitrogens is 2. The number of carbonyl (C=O) groups is 1. The molecule has 1 aromatic heterocycles. The summed E-state index contributed by atoms with van der Waals surface area (Å²) < 4.78 is 59.2. The minimum atomic E-state index is -4.89. The van der Waals surface area contributed by atoms with Crippen LogP contribution in [-0.2, 0) is 39.8 Å². The van der Waals surface area contributed by atoms with E-state index in [1.807, 2.05) is 30.3 Å². The molecule has 0 fully saturated rings. The molecular formula is C24H24F3N3O4. The molecule has 0 unspecified atom stereocenters. The van der Waals surface area contributed by atoms with Gasteiger partial charge in [-0.05, 0) is 5.56 Å². The van der Waals surface area contributed by atoms with Gasteiger partial charge in [-0.15, -0.1) is 5.10 Å². The minimum absolute atomic E-state index is 0.182. The van der Waals surface area contributed by atoms with Gasteiger partial charge in [-0.3, -0.25) is 9.48 Å². The van der Waals surface area contributed by atoms with E-state index in [2.05, 4.69) is 5.10 Å².